The molecule has 0 aliphatic rings. The molecule has 5 nitrogen and oxygen atoms in total. The van der Waals surface area contributed by atoms with Crippen molar-refractivity contribution in [2.45, 2.75) is 19.9 Å². The fraction of sp³-hybridized carbons (Fsp3) is 0.417. The van der Waals surface area contributed by atoms with Crippen molar-refractivity contribution in [2.24, 2.45) is 5.73 Å². The van der Waals surface area contributed by atoms with E-state index in [-0.39, 0.29) is 18.2 Å². The summed E-state index contributed by atoms with van der Waals surface area (Å²) in [4.78, 5) is 13.3. The van der Waals surface area contributed by atoms with Crippen LogP contribution in [0.2, 0.25) is 5.02 Å². The summed E-state index contributed by atoms with van der Waals surface area (Å²) in [5.41, 5.74) is 12.2. The first kappa shape index (κ1) is 14.6. The number of benzene rings is 1. The molecular weight excluding hydrogens is 254 g/mol. The van der Waals surface area contributed by atoms with Crippen LogP contribution in [0, 0.1) is 0 Å². The largest absolute Gasteiger partial charge is 0.399 e. The molecule has 18 heavy (non-hydrogen) atoms. The molecule has 6 heteroatoms. The predicted octanol–water partition coefficient (Wildman–Crippen LogP) is 1.23. The number of aliphatic hydroxyl groups excluding tert-OH is 1. The summed E-state index contributed by atoms with van der Waals surface area (Å²) in [5, 5.41) is 9.45. The van der Waals surface area contributed by atoms with Gasteiger partial charge in [-0.3, -0.25) is 4.79 Å². The van der Waals surface area contributed by atoms with Crippen LogP contribution in [0.15, 0.2) is 12.1 Å². The van der Waals surface area contributed by atoms with Crippen molar-refractivity contribution in [3.8, 4) is 0 Å². The first-order chi connectivity index (χ1) is 8.38. The lowest BCUT2D eigenvalue weighted by Gasteiger charge is -2.30. The van der Waals surface area contributed by atoms with Gasteiger partial charge in [0.05, 0.1) is 22.9 Å². The molecule has 0 aliphatic heterocycles. The van der Waals surface area contributed by atoms with Gasteiger partial charge >= 0.3 is 0 Å². The zero-order valence-electron chi connectivity index (χ0n) is 10.5. The Balaban J connectivity index is 3.40. The lowest BCUT2D eigenvalue weighted by molar-refractivity contribution is 0.100. The minimum Gasteiger partial charge on any atom is -0.399 e. The maximum absolute atomic E-state index is 11.5. The molecule has 0 spiro atoms. The molecule has 0 heterocycles. The highest BCUT2D eigenvalue weighted by atomic mass is 35.5. The van der Waals surface area contributed by atoms with Crippen LogP contribution in [0.25, 0.3) is 0 Å². The highest BCUT2D eigenvalue weighted by Gasteiger charge is 2.21. The number of hydrogen-bond donors (Lipinski definition) is 3. The molecule has 0 aliphatic carbocycles. The van der Waals surface area contributed by atoms with Gasteiger partial charge in [-0.25, -0.2) is 0 Å². The lowest BCUT2D eigenvalue weighted by atomic mass is 10.1. The van der Waals surface area contributed by atoms with Crippen molar-refractivity contribution in [1.82, 2.24) is 0 Å². The molecule has 0 atom stereocenters. The second kappa shape index (κ2) is 5.93. The fourth-order valence-corrected chi connectivity index (χ4v) is 2.17. The summed E-state index contributed by atoms with van der Waals surface area (Å²) in [6.45, 7) is 4.19. The minimum atomic E-state index is -0.595. The Morgan fingerprint density at radius 3 is 2.56 bits per heavy atom. The summed E-state index contributed by atoms with van der Waals surface area (Å²) in [5.74, 6) is -0.595. The molecule has 0 saturated carbocycles. The number of rotatable bonds is 5. The van der Waals surface area contributed by atoms with Crippen LogP contribution in [0.1, 0.15) is 24.2 Å². The Labute approximate surface area is 111 Å². The van der Waals surface area contributed by atoms with E-state index in [0.29, 0.717) is 22.9 Å². The van der Waals surface area contributed by atoms with Crippen molar-refractivity contribution < 1.29 is 9.90 Å². The topological polar surface area (TPSA) is 92.6 Å². The Kier molecular flexibility index (Phi) is 4.81. The van der Waals surface area contributed by atoms with Gasteiger partial charge < -0.3 is 21.5 Å². The summed E-state index contributed by atoms with van der Waals surface area (Å²) < 4.78 is 0. The number of carbonyl (C=O) groups is 1. The van der Waals surface area contributed by atoms with Crippen LogP contribution in [-0.4, -0.2) is 30.2 Å². The van der Waals surface area contributed by atoms with Gasteiger partial charge in [0.2, 0.25) is 0 Å². The van der Waals surface area contributed by atoms with E-state index in [9.17, 15) is 4.79 Å². The third kappa shape index (κ3) is 3.05. The molecule has 0 bridgehead atoms. The van der Waals surface area contributed by atoms with E-state index in [1.165, 1.54) is 6.07 Å². The Bertz CT molecular complexity index is 449. The molecule has 0 saturated heterocycles. The summed E-state index contributed by atoms with van der Waals surface area (Å²) in [6, 6.07) is 3.13. The normalized spacial score (nSPS) is 10.7. The van der Waals surface area contributed by atoms with Gasteiger partial charge in [0, 0.05) is 18.3 Å². The molecule has 0 aromatic heterocycles. The lowest BCUT2D eigenvalue weighted by Crippen LogP contribution is -2.35. The third-order valence-corrected chi connectivity index (χ3v) is 2.89. The first-order valence-electron chi connectivity index (χ1n) is 5.64. The summed E-state index contributed by atoms with van der Waals surface area (Å²) in [6.07, 6.45) is 0. The third-order valence-electron chi connectivity index (χ3n) is 2.60. The van der Waals surface area contributed by atoms with Gasteiger partial charge in [-0.05, 0) is 26.0 Å². The van der Waals surface area contributed by atoms with E-state index in [1.54, 1.807) is 6.07 Å². The van der Waals surface area contributed by atoms with Crippen LogP contribution in [0.3, 0.4) is 0 Å². The van der Waals surface area contributed by atoms with Crippen LogP contribution in [-0.2, 0) is 0 Å². The van der Waals surface area contributed by atoms with Gasteiger partial charge in [-0.1, -0.05) is 11.6 Å². The average molecular weight is 272 g/mol. The number of nitrogen functional groups attached to an aromatic ring is 1. The molecule has 0 radical (unpaired) electrons. The maximum atomic E-state index is 11.5. The standard InChI is InChI=1S/C12H18ClN3O2/c1-7(2)16(3-4-17)11-9(12(15)18)5-8(14)6-10(11)13/h5-7,17H,3-4,14H2,1-2H3,(H2,15,18). The molecule has 1 aromatic carbocycles. The average Bonchev–Trinajstić information content (AvgIpc) is 2.25. The Morgan fingerprint density at radius 1 is 1.50 bits per heavy atom. The van der Waals surface area contributed by atoms with Crippen molar-refractivity contribution >= 4 is 28.9 Å². The number of halogens is 1. The van der Waals surface area contributed by atoms with Crippen LogP contribution < -0.4 is 16.4 Å². The predicted molar refractivity (Wildman–Crippen MR) is 74.0 cm³/mol. The zero-order valence-corrected chi connectivity index (χ0v) is 11.2. The Hall–Kier alpha value is -1.46. The van der Waals surface area contributed by atoms with Gasteiger partial charge in [-0.2, -0.15) is 0 Å². The van der Waals surface area contributed by atoms with Crippen molar-refractivity contribution in [3.05, 3.63) is 22.7 Å². The van der Waals surface area contributed by atoms with Crippen LogP contribution in [0.5, 0.6) is 0 Å². The number of nitrogens with two attached hydrogens (primary N) is 2. The first-order valence-corrected chi connectivity index (χ1v) is 6.02. The van der Waals surface area contributed by atoms with Crippen LogP contribution in [0.4, 0.5) is 11.4 Å². The summed E-state index contributed by atoms with van der Waals surface area (Å²) >= 11 is 6.14. The number of amides is 1. The number of aliphatic hydroxyl groups is 1. The maximum Gasteiger partial charge on any atom is 0.250 e. The van der Waals surface area contributed by atoms with E-state index in [2.05, 4.69) is 0 Å². The van der Waals surface area contributed by atoms with Crippen molar-refractivity contribution in [3.63, 3.8) is 0 Å². The highest BCUT2D eigenvalue weighted by molar-refractivity contribution is 6.34. The Morgan fingerprint density at radius 2 is 2.11 bits per heavy atom. The van der Waals surface area contributed by atoms with E-state index in [0.717, 1.165) is 0 Å². The zero-order chi connectivity index (χ0) is 13.9. The molecule has 5 N–H and O–H groups in total. The smallest absolute Gasteiger partial charge is 0.250 e. The second-order valence-electron chi connectivity index (χ2n) is 4.27. The second-order valence-corrected chi connectivity index (χ2v) is 4.68. The fourth-order valence-electron chi connectivity index (χ4n) is 1.84. The minimum absolute atomic E-state index is 0.0446. The van der Waals surface area contributed by atoms with Gasteiger partial charge in [0.15, 0.2) is 0 Å². The SMILES string of the molecule is CC(C)N(CCO)c1c(Cl)cc(N)cc1C(N)=O. The molecule has 100 valence electrons. The van der Waals surface area contributed by atoms with Gasteiger partial charge in [0.1, 0.15) is 0 Å². The number of carbonyl (C=O) groups excluding carboxylic acids is 1. The van der Waals surface area contributed by atoms with E-state index in [4.69, 9.17) is 28.2 Å². The van der Waals surface area contributed by atoms with E-state index < -0.39 is 5.91 Å². The van der Waals surface area contributed by atoms with Crippen molar-refractivity contribution in [2.75, 3.05) is 23.8 Å². The monoisotopic (exact) mass is 271 g/mol. The molecule has 0 unspecified atom stereocenters. The number of nitrogens with zero attached hydrogens (tertiary/aromatic N) is 1. The molecule has 1 amide bonds. The number of primary amides is 1. The summed E-state index contributed by atoms with van der Waals surface area (Å²) in [7, 11) is 0. The van der Waals surface area contributed by atoms with E-state index in [1.807, 2.05) is 18.7 Å². The van der Waals surface area contributed by atoms with E-state index >= 15 is 0 Å². The van der Waals surface area contributed by atoms with Gasteiger partial charge in [-0.15, -0.1) is 0 Å². The van der Waals surface area contributed by atoms with Crippen molar-refractivity contribution in [1.29, 1.82) is 0 Å². The molecule has 0 fully saturated rings. The molecule has 1 aromatic rings. The quantitative estimate of drug-likeness (QED) is 0.702. The molecule has 1 rings (SSSR count). The molecular formula is C12H18ClN3O2. The number of anilines is 2. The van der Waals surface area contributed by atoms with Gasteiger partial charge in [0.25, 0.3) is 5.91 Å². The van der Waals surface area contributed by atoms with Crippen LogP contribution >= 0.6 is 11.6 Å². The highest BCUT2D eigenvalue weighted by Crippen LogP contribution is 2.33. The number of hydrogen-bond acceptors (Lipinski definition) is 4.